The average molecular weight is 437 g/mol. The highest BCUT2D eigenvalue weighted by atomic mass is 16.6. The molecule has 0 aliphatic heterocycles. The molecular weight excluding hydrogens is 412 g/mol. The lowest BCUT2D eigenvalue weighted by atomic mass is 9.93. The van der Waals surface area contributed by atoms with Gasteiger partial charge in [0.05, 0.1) is 0 Å². The van der Waals surface area contributed by atoms with Crippen LogP contribution in [-0.4, -0.2) is 11.9 Å². The number of esters is 2. The molecule has 33 heavy (non-hydrogen) atoms. The summed E-state index contributed by atoms with van der Waals surface area (Å²) >= 11 is 0. The second-order valence-electron chi connectivity index (χ2n) is 8.13. The zero-order valence-electron chi connectivity index (χ0n) is 18.5. The van der Waals surface area contributed by atoms with Gasteiger partial charge in [0.1, 0.15) is 11.5 Å². The van der Waals surface area contributed by atoms with E-state index in [4.69, 9.17) is 9.47 Å². The first kappa shape index (κ1) is 22.0. The molecule has 164 valence electrons. The van der Waals surface area contributed by atoms with E-state index in [0.29, 0.717) is 11.5 Å². The molecule has 0 spiro atoms. The Hall–Kier alpha value is -4.18. The van der Waals surface area contributed by atoms with Gasteiger partial charge in [-0.25, -0.2) is 0 Å². The van der Waals surface area contributed by atoms with Crippen LogP contribution < -0.4 is 9.47 Å². The maximum Gasteiger partial charge on any atom is 0.328 e. The molecule has 0 radical (unpaired) electrons. The Morgan fingerprint density at radius 1 is 0.515 bits per heavy atom. The van der Waals surface area contributed by atoms with E-state index < -0.39 is 17.4 Å². The largest absolute Gasteiger partial charge is 0.425 e. The molecule has 0 fully saturated rings. The summed E-state index contributed by atoms with van der Waals surface area (Å²) in [6, 6.07) is 33.8. The molecular formula is C29H24O4. The van der Waals surface area contributed by atoms with Gasteiger partial charge >= 0.3 is 11.9 Å². The van der Waals surface area contributed by atoms with E-state index >= 15 is 0 Å². The lowest BCUT2D eigenvalue weighted by Gasteiger charge is -2.22. The molecule has 0 bridgehead atoms. The summed E-state index contributed by atoms with van der Waals surface area (Å²) in [6.45, 7) is 3.02. The van der Waals surface area contributed by atoms with Crippen LogP contribution in [0, 0.1) is 5.41 Å². The van der Waals surface area contributed by atoms with Gasteiger partial charge in [0.2, 0.25) is 0 Å². The predicted molar refractivity (Wildman–Crippen MR) is 129 cm³/mol. The molecule has 4 aromatic carbocycles. The van der Waals surface area contributed by atoms with Crippen molar-refractivity contribution >= 4 is 11.9 Å². The Labute approximate surface area is 193 Å². The molecule has 4 heteroatoms. The SMILES string of the molecule is CC(C)(C(=O)Oc1ccccc1-c1ccccc1)C(=O)Oc1ccccc1-c1ccccc1. The lowest BCUT2D eigenvalue weighted by Crippen LogP contribution is -2.39. The minimum atomic E-state index is -1.52. The maximum atomic E-state index is 13.1. The van der Waals surface area contributed by atoms with Crippen molar-refractivity contribution in [3.63, 3.8) is 0 Å². The Morgan fingerprint density at radius 3 is 1.24 bits per heavy atom. The van der Waals surface area contributed by atoms with Gasteiger partial charge in [-0.05, 0) is 37.1 Å². The molecule has 0 aromatic heterocycles. The monoisotopic (exact) mass is 436 g/mol. The van der Waals surface area contributed by atoms with Crippen LogP contribution >= 0.6 is 0 Å². The molecule has 0 saturated carbocycles. The molecule has 0 aliphatic rings. The molecule has 0 saturated heterocycles. The third kappa shape index (κ3) is 4.85. The van der Waals surface area contributed by atoms with Crippen LogP contribution in [0.5, 0.6) is 11.5 Å². The average Bonchev–Trinajstić information content (AvgIpc) is 2.85. The molecule has 4 rings (SSSR count). The van der Waals surface area contributed by atoms with Crippen molar-refractivity contribution in [1.82, 2.24) is 0 Å². The highest BCUT2D eigenvalue weighted by molar-refractivity contribution is 6.01. The van der Waals surface area contributed by atoms with Crippen LogP contribution in [0.25, 0.3) is 22.3 Å². The molecule has 0 unspecified atom stereocenters. The Bertz CT molecular complexity index is 1160. The van der Waals surface area contributed by atoms with Gasteiger partial charge in [-0.2, -0.15) is 0 Å². The first-order valence-electron chi connectivity index (χ1n) is 10.7. The van der Waals surface area contributed by atoms with Gasteiger partial charge in [0.15, 0.2) is 5.41 Å². The summed E-state index contributed by atoms with van der Waals surface area (Å²) in [7, 11) is 0. The van der Waals surface area contributed by atoms with Crippen molar-refractivity contribution in [2.75, 3.05) is 0 Å². The van der Waals surface area contributed by atoms with Gasteiger partial charge < -0.3 is 9.47 Å². The quantitative estimate of drug-likeness (QED) is 0.195. The van der Waals surface area contributed by atoms with E-state index in [1.165, 1.54) is 13.8 Å². The maximum absolute atomic E-state index is 13.1. The van der Waals surface area contributed by atoms with Gasteiger partial charge in [0.25, 0.3) is 0 Å². The fourth-order valence-corrected chi connectivity index (χ4v) is 3.36. The summed E-state index contributed by atoms with van der Waals surface area (Å²) in [5.74, 6) is -0.598. The number of hydrogen-bond donors (Lipinski definition) is 0. The van der Waals surface area contributed by atoms with Crippen molar-refractivity contribution in [2.45, 2.75) is 13.8 Å². The molecule has 0 heterocycles. The number of rotatable bonds is 6. The van der Waals surface area contributed by atoms with E-state index in [9.17, 15) is 9.59 Å². The Kier molecular flexibility index (Phi) is 6.36. The number of para-hydroxylation sites is 2. The van der Waals surface area contributed by atoms with Crippen LogP contribution in [0.15, 0.2) is 109 Å². The second kappa shape index (κ2) is 9.53. The number of benzene rings is 4. The van der Waals surface area contributed by atoms with Crippen molar-refractivity contribution in [2.24, 2.45) is 5.41 Å². The summed E-state index contributed by atoms with van der Waals surface area (Å²) in [5.41, 5.74) is 1.85. The number of ether oxygens (including phenoxy) is 2. The van der Waals surface area contributed by atoms with Crippen molar-refractivity contribution in [1.29, 1.82) is 0 Å². The van der Waals surface area contributed by atoms with Gasteiger partial charge in [-0.1, -0.05) is 97.1 Å². The molecule has 0 amide bonds. The van der Waals surface area contributed by atoms with E-state index in [0.717, 1.165) is 22.3 Å². The molecule has 0 N–H and O–H groups in total. The standard InChI is InChI=1S/C29H24O4/c1-29(2,27(30)32-25-19-11-9-17-23(25)21-13-5-3-6-14-21)28(31)33-26-20-12-10-18-24(26)22-15-7-4-8-16-22/h3-20H,1-2H3. The molecule has 0 aliphatic carbocycles. The third-order valence-corrected chi connectivity index (χ3v) is 5.37. The van der Waals surface area contributed by atoms with Crippen LogP contribution in [0.2, 0.25) is 0 Å². The number of carbonyl (C=O) groups is 2. The van der Waals surface area contributed by atoms with Crippen molar-refractivity contribution in [3.8, 4) is 33.8 Å². The number of hydrogen-bond acceptors (Lipinski definition) is 4. The number of carbonyl (C=O) groups excluding carboxylic acids is 2. The topological polar surface area (TPSA) is 52.6 Å². The van der Waals surface area contributed by atoms with E-state index in [2.05, 4.69) is 0 Å². The fourth-order valence-electron chi connectivity index (χ4n) is 3.36. The van der Waals surface area contributed by atoms with Gasteiger partial charge in [-0.3, -0.25) is 9.59 Å². The van der Waals surface area contributed by atoms with Crippen molar-refractivity contribution in [3.05, 3.63) is 109 Å². The molecule has 4 aromatic rings. The summed E-state index contributed by atoms with van der Waals surface area (Å²) < 4.78 is 11.4. The highest BCUT2D eigenvalue weighted by Crippen LogP contribution is 2.34. The van der Waals surface area contributed by atoms with Crippen LogP contribution in [0.3, 0.4) is 0 Å². The van der Waals surface area contributed by atoms with E-state index in [1.54, 1.807) is 24.3 Å². The lowest BCUT2D eigenvalue weighted by molar-refractivity contribution is -0.158. The Morgan fingerprint density at radius 2 is 0.848 bits per heavy atom. The third-order valence-electron chi connectivity index (χ3n) is 5.37. The normalized spacial score (nSPS) is 11.0. The molecule has 0 atom stereocenters. The summed E-state index contributed by atoms with van der Waals surface area (Å²) in [4.78, 5) is 26.2. The van der Waals surface area contributed by atoms with E-state index in [-0.39, 0.29) is 0 Å². The van der Waals surface area contributed by atoms with E-state index in [1.807, 2.05) is 84.9 Å². The summed E-state index contributed by atoms with van der Waals surface area (Å²) in [6.07, 6.45) is 0. The first-order valence-corrected chi connectivity index (χ1v) is 10.7. The zero-order valence-corrected chi connectivity index (χ0v) is 18.5. The van der Waals surface area contributed by atoms with Crippen LogP contribution in [0.4, 0.5) is 0 Å². The smallest absolute Gasteiger partial charge is 0.328 e. The van der Waals surface area contributed by atoms with Crippen LogP contribution in [-0.2, 0) is 9.59 Å². The zero-order chi connectivity index (χ0) is 23.3. The minimum absolute atomic E-state index is 0.388. The second-order valence-corrected chi connectivity index (χ2v) is 8.13. The van der Waals surface area contributed by atoms with Gasteiger partial charge in [0, 0.05) is 11.1 Å². The van der Waals surface area contributed by atoms with Gasteiger partial charge in [-0.15, -0.1) is 0 Å². The van der Waals surface area contributed by atoms with Crippen LogP contribution in [0.1, 0.15) is 13.8 Å². The summed E-state index contributed by atoms with van der Waals surface area (Å²) in [5, 5.41) is 0. The minimum Gasteiger partial charge on any atom is -0.425 e. The molecule has 4 nitrogen and oxygen atoms in total. The van der Waals surface area contributed by atoms with Crippen molar-refractivity contribution < 1.29 is 19.1 Å². The fraction of sp³-hybridized carbons (Fsp3) is 0.103. The first-order chi connectivity index (χ1) is 16.0. The highest BCUT2D eigenvalue weighted by Gasteiger charge is 2.41. The Balaban J connectivity index is 1.56. The predicted octanol–water partition coefficient (Wildman–Crippen LogP) is 6.56.